The fraction of sp³-hybridized carbons (Fsp3) is 0.500. The van der Waals surface area contributed by atoms with Crippen molar-refractivity contribution in [2.24, 2.45) is 0 Å². The molecule has 2 rings (SSSR count). The number of alkyl halides is 3. The van der Waals surface area contributed by atoms with E-state index in [-0.39, 0.29) is 0 Å². The van der Waals surface area contributed by atoms with Gasteiger partial charge in [-0.15, -0.1) is 0 Å². The number of ketones is 1. The summed E-state index contributed by atoms with van der Waals surface area (Å²) in [4.78, 5) is 17.1. The molecule has 0 N–H and O–H groups in total. The molecule has 98 valence electrons. The Morgan fingerprint density at radius 3 is 2.61 bits per heavy atom. The third kappa shape index (κ3) is 2.80. The summed E-state index contributed by atoms with van der Waals surface area (Å²) in [6, 6.07) is 3.09. The quantitative estimate of drug-likeness (QED) is 0.834. The number of hydrogen-bond donors (Lipinski definition) is 0. The Kier molecular flexibility index (Phi) is 3.54. The predicted octanol–water partition coefficient (Wildman–Crippen LogP) is 2.36. The minimum atomic E-state index is -4.78. The molecule has 1 aliphatic rings. The first-order valence-corrected chi connectivity index (χ1v) is 5.77. The second kappa shape index (κ2) is 4.96. The molecule has 18 heavy (non-hydrogen) atoms. The maximum atomic E-state index is 12.3. The van der Waals surface area contributed by atoms with Crippen molar-refractivity contribution in [3.8, 4) is 0 Å². The summed E-state index contributed by atoms with van der Waals surface area (Å²) in [5, 5.41) is 0. The number of hydrogen-bond acceptors (Lipinski definition) is 3. The third-order valence-corrected chi connectivity index (χ3v) is 2.94. The molecule has 1 aromatic heterocycles. The molecule has 0 amide bonds. The van der Waals surface area contributed by atoms with Crippen LogP contribution in [-0.4, -0.2) is 30.0 Å². The zero-order valence-electron chi connectivity index (χ0n) is 9.70. The Bertz CT molecular complexity index is 439. The topological polar surface area (TPSA) is 33.2 Å². The molecule has 0 spiro atoms. The molecule has 0 bridgehead atoms. The van der Waals surface area contributed by atoms with Crippen LogP contribution in [0.15, 0.2) is 18.3 Å². The number of halogens is 3. The minimum Gasteiger partial charge on any atom is -0.356 e. The standard InChI is InChI=1S/C12H13F3N2O/c13-12(14,15)10(18)8-9-4-3-5-16-11(9)17-6-1-2-7-17/h3-5H,1-2,6-8H2. The molecule has 0 saturated carbocycles. The monoisotopic (exact) mass is 258 g/mol. The van der Waals surface area contributed by atoms with Crippen LogP contribution in [-0.2, 0) is 11.2 Å². The van der Waals surface area contributed by atoms with Crippen molar-refractivity contribution in [3.05, 3.63) is 23.9 Å². The van der Waals surface area contributed by atoms with Gasteiger partial charge in [0, 0.05) is 31.3 Å². The van der Waals surface area contributed by atoms with Crippen LogP contribution in [0.3, 0.4) is 0 Å². The van der Waals surface area contributed by atoms with Gasteiger partial charge >= 0.3 is 6.18 Å². The summed E-state index contributed by atoms with van der Waals surface area (Å²) in [7, 11) is 0. The Morgan fingerprint density at radius 1 is 1.33 bits per heavy atom. The molecule has 0 unspecified atom stereocenters. The molecule has 6 heteroatoms. The highest BCUT2D eigenvalue weighted by molar-refractivity contribution is 5.87. The van der Waals surface area contributed by atoms with E-state index in [2.05, 4.69) is 4.98 Å². The summed E-state index contributed by atoms with van der Waals surface area (Å²) in [5.74, 6) is -1.22. The second-order valence-electron chi connectivity index (χ2n) is 4.28. The molecule has 1 saturated heterocycles. The molecular formula is C12H13F3N2O. The molecule has 0 aliphatic carbocycles. The van der Waals surface area contributed by atoms with Gasteiger partial charge in [0.2, 0.25) is 5.78 Å². The summed E-state index contributed by atoms with van der Waals surface area (Å²) in [6.45, 7) is 1.56. The predicted molar refractivity (Wildman–Crippen MR) is 60.5 cm³/mol. The average molecular weight is 258 g/mol. The van der Waals surface area contributed by atoms with E-state index in [0.29, 0.717) is 11.4 Å². The van der Waals surface area contributed by atoms with E-state index in [1.54, 1.807) is 6.07 Å². The van der Waals surface area contributed by atoms with Crippen LogP contribution in [0.2, 0.25) is 0 Å². The second-order valence-corrected chi connectivity index (χ2v) is 4.28. The number of pyridine rings is 1. The molecule has 0 aromatic carbocycles. The first-order valence-electron chi connectivity index (χ1n) is 5.77. The lowest BCUT2D eigenvalue weighted by Crippen LogP contribution is -2.27. The van der Waals surface area contributed by atoms with Crippen molar-refractivity contribution in [2.45, 2.75) is 25.4 Å². The van der Waals surface area contributed by atoms with Crippen molar-refractivity contribution < 1.29 is 18.0 Å². The summed E-state index contributed by atoms with van der Waals surface area (Å²) in [6.07, 6.45) is -1.87. The van der Waals surface area contributed by atoms with Gasteiger partial charge in [0.1, 0.15) is 5.82 Å². The van der Waals surface area contributed by atoms with Gasteiger partial charge < -0.3 is 4.90 Å². The number of aromatic nitrogens is 1. The smallest absolute Gasteiger partial charge is 0.356 e. The average Bonchev–Trinajstić information content (AvgIpc) is 2.82. The van der Waals surface area contributed by atoms with E-state index in [1.165, 1.54) is 12.3 Å². The van der Waals surface area contributed by atoms with Crippen LogP contribution >= 0.6 is 0 Å². The Hall–Kier alpha value is -1.59. The van der Waals surface area contributed by atoms with Gasteiger partial charge in [0.25, 0.3) is 0 Å². The van der Waals surface area contributed by atoms with Crippen molar-refractivity contribution in [1.82, 2.24) is 4.98 Å². The number of nitrogens with zero attached hydrogens (tertiary/aromatic N) is 2. The number of anilines is 1. The minimum absolute atomic E-state index is 0.349. The molecule has 3 nitrogen and oxygen atoms in total. The largest absolute Gasteiger partial charge is 0.450 e. The highest BCUT2D eigenvalue weighted by atomic mass is 19.4. The van der Waals surface area contributed by atoms with Gasteiger partial charge in [-0.1, -0.05) is 6.07 Å². The van der Waals surface area contributed by atoms with E-state index in [9.17, 15) is 18.0 Å². The fourth-order valence-electron chi connectivity index (χ4n) is 2.06. The van der Waals surface area contributed by atoms with Gasteiger partial charge in [-0.05, 0) is 18.9 Å². The van der Waals surface area contributed by atoms with Crippen molar-refractivity contribution in [2.75, 3.05) is 18.0 Å². The van der Waals surface area contributed by atoms with Crippen LogP contribution in [0.4, 0.5) is 19.0 Å². The van der Waals surface area contributed by atoms with E-state index in [4.69, 9.17) is 0 Å². The summed E-state index contributed by atoms with van der Waals surface area (Å²) >= 11 is 0. The highest BCUT2D eigenvalue weighted by Crippen LogP contribution is 2.25. The molecule has 2 heterocycles. The number of Topliss-reactive ketones (excluding diaryl/α,β-unsaturated/α-hetero) is 1. The molecule has 1 aliphatic heterocycles. The Labute approximate surface area is 103 Å². The van der Waals surface area contributed by atoms with Crippen LogP contribution in [0, 0.1) is 0 Å². The molecular weight excluding hydrogens is 245 g/mol. The Morgan fingerprint density at radius 2 is 2.00 bits per heavy atom. The number of carbonyl (C=O) groups excluding carboxylic acids is 1. The normalized spacial score (nSPS) is 16.1. The van der Waals surface area contributed by atoms with E-state index in [0.717, 1.165) is 25.9 Å². The van der Waals surface area contributed by atoms with Crippen molar-refractivity contribution in [3.63, 3.8) is 0 Å². The van der Waals surface area contributed by atoms with Gasteiger partial charge in [0.05, 0.1) is 0 Å². The van der Waals surface area contributed by atoms with Gasteiger partial charge in [-0.25, -0.2) is 4.98 Å². The van der Waals surface area contributed by atoms with E-state index in [1.807, 2.05) is 4.90 Å². The Balaban J connectivity index is 2.20. The zero-order valence-corrected chi connectivity index (χ0v) is 9.70. The zero-order chi connectivity index (χ0) is 13.2. The van der Waals surface area contributed by atoms with E-state index < -0.39 is 18.4 Å². The lowest BCUT2D eigenvalue weighted by Gasteiger charge is -2.19. The summed E-state index contributed by atoms with van der Waals surface area (Å²) in [5.41, 5.74) is 0.349. The SMILES string of the molecule is O=C(Cc1cccnc1N1CCCC1)C(F)(F)F. The maximum Gasteiger partial charge on any atom is 0.450 e. The van der Waals surface area contributed by atoms with Crippen LogP contribution in [0.5, 0.6) is 0 Å². The van der Waals surface area contributed by atoms with Crippen LogP contribution in [0.1, 0.15) is 18.4 Å². The van der Waals surface area contributed by atoms with Gasteiger partial charge in [0.15, 0.2) is 0 Å². The van der Waals surface area contributed by atoms with E-state index >= 15 is 0 Å². The first kappa shape index (κ1) is 12.9. The fourth-order valence-corrected chi connectivity index (χ4v) is 2.06. The molecule has 0 atom stereocenters. The van der Waals surface area contributed by atoms with Crippen molar-refractivity contribution >= 4 is 11.6 Å². The lowest BCUT2D eigenvalue weighted by atomic mass is 10.1. The third-order valence-electron chi connectivity index (χ3n) is 2.94. The molecule has 1 aromatic rings. The first-order chi connectivity index (χ1) is 8.48. The van der Waals surface area contributed by atoms with Crippen LogP contribution in [0.25, 0.3) is 0 Å². The lowest BCUT2D eigenvalue weighted by molar-refractivity contribution is -0.170. The van der Waals surface area contributed by atoms with Crippen molar-refractivity contribution in [1.29, 1.82) is 0 Å². The highest BCUT2D eigenvalue weighted by Gasteiger charge is 2.38. The number of carbonyl (C=O) groups is 1. The van der Waals surface area contributed by atoms with Crippen LogP contribution < -0.4 is 4.90 Å². The summed E-state index contributed by atoms with van der Waals surface area (Å²) < 4.78 is 36.8. The molecule has 1 fully saturated rings. The van der Waals surface area contributed by atoms with Gasteiger partial charge in [-0.3, -0.25) is 4.79 Å². The molecule has 0 radical (unpaired) electrons. The number of rotatable bonds is 3. The van der Waals surface area contributed by atoms with Gasteiger partial charge in [-0.2, -0.15) is 13.2 Å². The maximum absolute atomic E-state index is 12.3.